The summed E-state index contributed by atoms with van der Waals surface area (Å²) in [6, 6.07) is 12.0. The number of piperazine rings is 1. The first-order valence-corrected chi connectivity index (χ1v) is 8.52. The molecule has 6 heteroatoms. The predicted molar refractivity (Wildman–Crippen MR) is 93.3 cm³/mol. The number of benzene rings is 1. The van der Waals surface area contributed by atoms with Gasteiger partial charge >= 0.3 is 0 Å². The second kappa shape index (κ2) is 7.66. The predicted octanol–water partition coefficient (Wildman–Crippen LogP) is 2.48. The van der Waals surface area contributed by atoms with Gasteiger partial charge in [-0.15, -0.1) is 0 Å². The van der Waals surface area contributed by atoms with Crippen LogP contribution in [0.2, 0.25) is 0 Å². The van der Waals surface area contributed by atoms with E-state index in [4.69, 9.17) is 4.42 Å². The van der Waals surface area contributed by atoms with Crippen LogP contribution in [0.5, 0.6) is 0 Å². The van der Waals surface area contributed by atoms with Gasteiger partial charge in [0, 0.05) is 36.3 Å². The van der Waals surface area contributed by atoms with Gasteiger partial charge in [0.15, 0.2) is 0 Å². The van der Waals surface area contributed by atoms with Gasteiger partial charge in [-0.3, -0.25) is 9.69 Å². The lowest BCUT2D eigenvalue weighted by atomic mass is 10.2. The van der Waals surface area contributed by atoms with E-state index in [0.717, 1.165) is 36.4 Å². The van der Waals surface area contributed by atoms with Gasteiger partial charge in [-0.1, -0.05) is 22.0 Å². The summed E-state index contributed by atoms with van der Waals surface area (Å²) in [6.07, 6.45) is 1.61. The number of rotatable bonds is 5. The zero-order valence-corrected chi connectivity index (χ0v) is 14.5. The van der Waals surface area contributed by atoms with Gasteiger partial charge < -0.3 is 14.6 Å². The second-order valence-electron chi connectivity index (χ2n) is 5.60. The maximum atomic E-state index is 12.0. The van der Waals surface area contributed by atoms with Gasteiger partial charge in [0.2, 0.25) is 5.91 Å². The van der Waals surface area contributed by atoms with Crippen LogP contribution >= 0.6 is 15.9 Å². The van der Waals surface area contributed by atoms with Crippen molar-refractivity contribution in [3.63, 3.8) is 0 Å². The van der Waals surface area contributed by atoms with Crippen molar-refractivity contribution in [2.24, 2.45) is 0 Å². The number of carbonyl (C=O) groups excluding carboxylic acids is 1. The Hall–Kier alpha value is -1.79. The highest BCUT2D eigenvalue weighted by atomic mass is 79.9. The second-order valence-corrected chi connectivity index (χ2v) is 6.51. The average molecular weight is 378 g/mol. The molecule has 0 saturated carbocycles. The minimum Gasteiger partial charge on any atom is -0.467 e. The molecule has 0 atom stereocenters. The molecule has 2 heterocycles. The normalized spacial score (nSPS) is 15.6. The number of furan rings is 1. The van der Waals surface area contributed by atoms with Crippen LogP contribution in [0.3, 0.4) is 0 Å². The minimum atomic E-state index is 0.0392. The monoisotopic (exact) mass is 377 g/mol. The first-order chi connectivity index (χ1) is 11.2. The van der Waals surface area contributed by atoms with E-state index in [1.54, 1.807) is 6.26 Å². The fraction of sp³-hybridized carbons (Fsp3) is 0.353. The Balaban J connectivity index is 1.43. The molecule has 2 aromatic rings. The SMILES string of the molecule is O=C(CN1CCN(c2cccc(Br)c2)CC1)NCc1ccco1. The lowest BCUT2D eigenvalue weighted by Crippen LogP contribution is -2.49. The molecular formula is C17H20BrN3O2. The Bertz CT molecular complexity index is 637. The summed E-state index contributed by atoms with van der Waals surface area (Å²) in [5.74, 6) is 0.815. The fourth-order valence-corrected chi connectivity index (χ4v) is 3.08. The Labute approximate surface area is 144 Å². The number of nitrogens with one attached hydrogen (secondary N) is 1. The zero-order chi connectivity index (χ0) is 16.1. The van der Waals surface area contributed by atoms with Crippen LogP contribution in [0.25, 0.3) is 0 Å². The summed E-state index contributed by atoms with van der Waals surface area (Å²) >= 11 is 3.51. The van der Waals surface area contributed by atoms with E-state index in [9.17, 15) is 4.79 Å². The Morgan fingerprint density at radius 3 is 2.70 bits per heavy atom. The van der Waals surface area contributed by atoms with Crippen LogP contribution < -0.4 is 10.2 Å². The molecule has 0 unspecified atom stereocenters. The topological polar surface area (TPSA) is 48.7 Å². The Morgan fingerprint density at radius 1 is 1.17 bits per heavy atom. The minimum absolute atomic E-state index is 0.0392. The van der Waals surface area contributed by atoms with Gasteiger partial charge in [-0.05, 0) is 30.3 Å². The lowest BCUT2D eigenvalue weighted by molar-refractivity contribution is -0.122. The molecule has 1 amide bonds. The molecule has 1 aromatic carbocycles. The fourth-order valence-electron chi connectivity index (χ4n) is 2.69. The number of carbonyl (C=O) groups is 1. The Morgan fingerprint density at radius 2 is 2.00 bits per heavy atom. The van der Waals surface area contributed by atoms with E-state index in [0.29, 0.717) is 13.1 Å². The molecule has 1 aliphatic heterocycles. The summed E-state index contributed by atoms with van der Waals surface area (Å²) in [6.45, 7) is 4.53. The van der Waals surface area contributed by atoms with Gasteiger partial charge in [-0.25, -0.2) is 0 Å². The van der Waals surface area contributed by atoms with Gasteiger partial charge in [0.25, 0.3) is 0 Å². The highest BCUT2D eigenvalue weighted by Gasteiger charge is 2.19. The van der Waals surface area contributed by atoms with Crippen LogP contribution in [-0.4, -0.2) is 43.5 Å². The largest absolute Gasteiger partial charge is 0.467 e. The summed E-state index contributed by atoms with van der Waals surface area (Å²) in [5.41, 5.74) is 1.22. The van der Waals surface area contributed by atoms with E-state index in [2.05, 4.69) is 43.2 Å². The van der Waals surface area contributed by atoms with Gasteiger partial charge in [0.1, 0.15) is 5.76 Å². The third-order valence-electron chi connectivity index (χ3n) is 3.95. The molecular weight excluding hydrogens is 358 g/mol. The van der Waals surface area contributed by atoms with E-state index >= 15 is 0 Å². The molecule has 3 rings (SSSR count). The third-order valence-corrected chi connectivity index (χ3v) is 4.45. The summed E-state index contributed by atoms with van der Waals surface area (Å²) < 4.78 is 6.30. The van der Waals surface area contributed by atoms with Crippen molar-refractivity contribution < 1.29 is 9.21 Å². The molecule has 1 N–H and O–H groups in total. The van der Waals surface area contributed by atoms with Crippen LogP contribution in [0.15, 0.2) is 51.6 Å². The highest BCUT2D eigenvalue weighted by Crippen LogP contribution is 2.21. The molecule has 0 aliphatic carbocycles. The summed E-state index contributed by atoms with van der Waals surface area (Å²) in [7, 11) is 0. The van der Waals surface area contributed by atoms with Crippen LogP contribution in [0.4, 0.5) is 5.69 Å². The first-order valence-electron chi connectivity index (χ1n) is 7.73. The van der Waals surface area contributed by atoms with E-state index in [-0.39, 0.29) is 5.91 Å². The quantitative estimate of drug-likeness (QED) is 0.869. The van der Waals surface area contributed by atoms with Crippen molar-refractivity contribution in [2.45, 2.75) is 6.54 Å². The van der Waals surface area contributed by atoms with Crippen molar-refractivity contribution in [2.75, 3.05) is 37.6 Å². The third kappa shape index (κ3) is 4.59. The highest BCUT2D eigenvalue weighted by molar-refractivity contribution is 9.10. The van der Waals surface area contributed by atoms with Crippen LogP contribution in [0.1, 0.15) is 5.76 Å². The molecule has 1 fully saturated rings. The van der Waals surface area contributed by atoms with Crippen LogP contribution in [-0.2, 0) is 11.3 Å². The molecule has 122 valence electrons. The number of halogens is 1. The van der Waals surface area contributed by atoms with Crippen molar-refractivity contribution in [1.29, 1.82) is 0 Å². The van der Waals surface area contributed by atoms with E-state index in [1.807, 2.05) is 24.3 Å². The summed E-state index contributed by atoms with van der Waals surface area (Å²) in [4.78, 5) is 16.5. The van der Waals surface area contributed by atoms with Crippen molar-refractivity contribution in [3.8, 4) is 0 Å². The Kier molecular flexibility index (Phi) is 5.35. The van der Waals surface area contributed by atoms with Gasteiger partial charge in [-0.2, -0.15) is 0 Å². The molecule has 0 radical (unpaired) electrons. The maximum absolute atomic E-state index is 12.0. The molecule has 1 saturated heterocycles. The van der Waals surface area contributed by atoms with E-state index < -0.39 is 0 Å². The van der Waals surface area contributed by atoms with Crippen molar-refractivity contribution in [1.82, 2.24) is 10.2 Å². The number of anilines is 1. The smallest absolute Gasteiger partial charge is 0.234 e. The molecule has 23 heavy (non-hydrogen) atoms. The molecule has 0 bridgehead atoms. The van der Waals surface area contributed by atoms with Crippen LogP contribution in [0, 0.1) is 0 Å². The van der Waals surface area contributed by atoms with Crippen molar-refractivity contribution >= 4 is 27.5 Å². The summed E-state index contributed by atoms with van der Waals surface area (Å²) in [5, 5.41) is 2.89. The lowest BCUT2D eigenvalue weighted by Gasteiger charge is -2.35. The maximum Gasteiger partial charge on any atom is 0.234 e. The molecule has 0 spiro atoms. The van der Waals surface area contributed by atoms with Crippen molar-refractivity contribution in [3.05, 3.63) is 52.9 Å². The average Bonchev–Trinajstić information content (AvgIpc) is 3.07. The van der Waals surface area contributed by atoms with E-state index in [1.165, 1.54) is 5.69 Å². The van der Waals surface area contributed by atoms with Gasteiger partial charge in [0.05, 0.1) is 19.4 Å². The number of amides is 1. The number of hydrogen-bond donors (Lipinski definition) is 1. The molecule has 1 aromatic heterocycles. The molecule has 5 nitrogen and oxygen atoms in total. The number of hydrogen-bond acceptors (Lipinski definition) is 4. The first kappa shape index (κ1) is 16.1. The number of nitrogens with zero attached hydrogens (tertiary/aromatic N) is 2. The molecule has 1 aliphatic rings. The zero-order valence-electron chi connectivity index (χ0n) is 12.9. The standard InChI is InChI=1S/C17H20BrN3O2/c18-14-3-1-4-15(11-14)21-8-6-20(7-9-21)13-17(22)19-12-16-5-2-10-23-16/h1-5,10-11H,6-9,12-13H2,(H,19,22).